The molecular weight excluding hydrogens is 1320 g/mol. The van der Waals surface area contributed by atoms with Crippen LogP contribution in [0.4, 0.5) is 21.9 Å². The molecule has 6 aromatic rings. The van der Waals surface area contributed by atoms with Crippen LogP contribution in [0.3, 0.4) is 0 Å². The van der Waals surface area contributed by atoms with Gasteiger partial charge in [0.05, 0.1) is 99.1 Å². The van der Waals surface area contributed by atoms with Crippen LogP contribution in [0, 0.1) is 17.3 Å². The zero-order chi connectivity index (χ0) is 73.0. The number of methoxy groups -OCH3 is 2. The van der Waals surface area contributed by atoms with E-state index in [0.717, 1.165) is 51.4 Å². The number of aliphatic imine (C=N–C) groups is 1. The molecule has 2 fully saturated rings. The first-order valence-corrected chi connectivity index (χ1v) is 35.0. The van der Waals surface area contributed by atoms with Crippen LogP contribution >= 0.6 is 0 Å². The van der Waals surface area contributed by atoms with Gasteiger partial charge in [-0.3, -0.25) is 43.3 Å². The molecule has 540 valence electrons. The SMILES string of the molecule is COc1cc2c(cc1OCCCOc1cc3c(cc1OC)C(=O)N1CC4(CC4)C[C@H]1C(O)N3C(=O)OCc1ccc(CC(=O)[C@H](C)NC(=O)[C@@H](CC(=O)CNC(=O)CCC(=O)CCC(=O)N3Cc4ccccc4-c4nnn(C(C)C)c4-c4ccccc43)C(C)C)cc1)N=C[C@@H]1CC(CO)=CN1C2=O. The highest BCUT2D eigenvalue weighted by Crippen LogP contribution is 2.57. The first kappa shape index (κ1) is 72.2. The standard InChI is InChI=1S/C77H86N10O16/c1-44(2)56(31-53(90)38-79-68(92)23-21-52(89)22-24-69(93)84-40-50-13-8-9-14-54(50)70-71(87(45(3)4)82-81-70)55-15-10-11-16-60(55)84)72(94)80-46(5)63(91)30-47-17-19-48(20-18-47)42-103-76(98)86-61-35-67(65(100-7)33-58(61)74(96)85-43-77(25-26-77)36-62(85)75(86)97)102-28-12-27-101-66-34-59-57(32-64(66)99-6)73(95)83-39-49(41-88)29-51(83)37-78-59/h8-11,13-20,32-35,37,39,44-46,51,56,62,75,88,97H,12,21-31,36,38,40-43H2,1-7H3,(H,79,92)(H,80,94)/t46-,51-,56-,62-,75?/m0/s1. The molecule has 5 aromatic carbocycles. The van der Waals surface area contributed by atoms with E-state index in [-0.39, 0.29) is 153 Å². The zero-order valence-electron chi connectivity index (χ0n) is 58.8. The molecule has 6 aliphatic rings. The maximum atomic E-state index is 14.5. The molecular formula is C77H86N10O16. The lowest BCUT2D eigenvalue weighted by Gasteiger charge is -2.31. The Morgan fingerprint density at radius 2 is 1.42 bits per heavy atom. The van der Waals surface area contributed by atoms with Crippen molar-refractivity contribution in [1.82, 2.24) is 35.4 Å². The second kappa shape index (κ2) is 30.9. The minimum atomic E-state index is -1.49. The number of aliphatic hydroxyl groups excluding tert-OH is 2. The molecule has 5 aliphatic heterocycles. The van der Waals surface area contributed by atoms with Crippen LogP contribution in [0.2, 0.25) is 0 Å². The summed E-state index contributed by atoms with van der Waals surface area (Å²) in [6.07, 6.45) is 3.17. The second-order valence-electron chi connectivity index (χ2n) is 27.9. The number of ether oxygens (including phenoxy) is 5. The molecule has 6 heterocycles. The van der Waals surface area contributed by atoms with Gasteiger partial charge in [-0.1, -0.05) is 85.8 Å². The van der Waals surface area contributed by atoms with E-state index in [1.54, 1.807) is 84.3 Å². The average Bonchev–Trinajstić information content (AvgIpc) is 1.58. The van der Waals surface area contributed by atoms with Gasteiger partial charge in [-0.25, -0.2) is 14.4 Å². The topological polar surface area (TPSA) is 320 Å². The van der Waals surface area contributed by atoms with Crippen molar-refractivity contribution in [3.63, 3.8) is 0 Å². The quantitative estimate of drug-likeness (QED) is 0.0333. The van der Waals surface area contributed by atoms with Gasteiger partial charge < -0.3 is 59.2 Å². The Hall–Kier alpha value is -10.6. The first-order valence-electron chi connectivity index (χ1n) is 35.0. The van der Waals surface area contributed by atoms with Gasteiger partial charge in [-0.2, -0.15) is 0 Å². The predicted octanol–water partition coefficient (Wildman–Crippen LogP) is 8.97. The van der Waals surface area contributed by atoms with Gasteiger partial charge in [-0.05, 0) is 98.2 Å². The molecule has 4 N–H and O–H groups in total. The number of fused-ring (bicyclic) bond motifs is 9. The van der Waals surface area contributed by atoms with E-state index in [1.165, 1.54) is 26.4 Å². The molecule has 103 heavy (non-hydrogen) atoms. The summed E-state index contributed by atoms with van der Waals surface area (Å²) in [4.78, 5) is 134. The molecule has 0 bridgehead atoms. The molecule has 5 atom stereocenters. The largest absolute Gasteiger partial charge is 0.493 e. The van der Waals surface area contributed by atoms with E-state index in [0.29, 0.717) is 65.4 Å². The number of nitrogens with one attached hydrogen (secondary N) is 2. The lowest BCUT2D eigenvalue weighted by Crippen LogP contribution is -2.50. The second-order valence-corrected chi connectivity index (χ2v) is 27.9. The summed E-state index contributed by atoms with van der Waals surface area (Å²) in [5.74, 6) is -3.04. The molecule has 26 nitrogen and oxygen atoms in total. The summed E-state index contributed by atoms with van der Waals surface area (Å²) in [6, 6.07) is 26.3. The molecule has 6 amide bonds. The fourth-order valence-corrected chi connectivity index (χ4v) is 14.1. The number of carbonyl (C=O) groups is 9. The van der Waals surface area contributed by atoms with E-state index in [4.69, 9.17) is 23.7 Å². The number of nitrogens with zero attached hydrogens (tertiary/aromatic N) is 8. The summed E-state index contributed by atoms with van der Waals surface area (Å²) in [5, 5.41) is 36.2. The summed E-state index contributed by atoms with van der Waals surface area (Å²) in [7, 11) is 2.90. The van der Waals surface area contributed by atoms with E-state index < -0.39 is 47.9 Å². The molecule has 1 saturated heterocycles. The third-order valence-electron chi connectivity index (χ3n) is 20.1. The highest BCUT2D eigenvalue weighted by molar-refractivity contribution is 6.07. The maximum absolute atomic E-state index is 14.5. The van der Waals surface area contributed by atoms with Gasteiger partial charge in [0.1, 0.15) is 18.1 Å². The average molecular weight is 1410 g/mol. The van der Waals surface area contributed by atoms with Crippen molar-refractivity contribution >= 4 is 76.3 Å². The Morgan fingerprint density at radius 3 is 2.12 bits per heavy atom. The van der Waals surface area contributed by atoms with E-state index in [2.05, 4.69) is 25.9 Å². The smallest absolute Gasteiger partial charge is 0.416 e. The van der Waals surface area contributed by atoms with Gasteiger partial charge in [0.25, 0.3) is 11.8 Å². The van der Waals surface area contributed by atoms with Gasteiger partial charge in [0.2, 0.25) is 17.7 Å². The lowest BCUT2D eigenvalue weighted by molar-refractivity contribution is -0.133. The Kier molecular flexibility index (Phi) is 21.7. The summed E-state index contributed by atoms with van der Waals surface area (Å²) in [6.45, 7) is 9.26. The van der Waals surface area contributed by atoms with Crippen molar-refractivity contribution in [2.24, 2.45) is 22.2 Å². The Labute approximate surface area is 596 Å². The summed E-state index contributed by atoms with van der Waals surface area (Å²) in [5.41, 5.74) is 7.35. The zero-order valence-corrected chi connectivity index (χ0v) is 58.8. The number of hydrogen-bond acceptors (Lipinski definition) is 19. The van der Waals surface area contributed by atoms with Crippen molar-refractivity contribution in [3.05, 3.63) is 137 Å². The predicted molar refractivity (Wildman–Crippen MR) is 379 cm³/mol. The third-order valence-corrected chi connectivity index (χ3v) is 20.1. The first-order chi connectivity index (χ1) is 49.6. The monoisotopic (exact) mass is 1410 g/mol. The maximum Gasteiger partial charge on any atom is 0.416 e. The highest BCUT2D eigenvalue weighted by Gasteiger charge is 2.58. The van der Waals surface area contributed by atoms with Gasteiger partial charge in [-0.15, -0.1) is 5.10 Å². The number of rotatable bonds is 28. The van der Waals surface area contributed by atoms with Crippen molar-refractivity contribution in [3.8, 4) is 45.5 Å². The van der Waals surface area contributed by atoms with E-state index in [1.807, 2.05) is 67.1 Å². The van der Waals surface area contributed by atoms with Gasteiger partial charge in [0.15, 0.2) is 40.8 Å². The number of anilines is 2. The molecule has 1 aromatic heterocycles. The number of aliphatic hydroxyl groups is 2. The molecule has 0 radical (unpaired) electrons. The van der Waals surface area contributed by atoms with Crippen LogP contribution in [0.5, 0.6) is 23.0 Å². The van der Waals surface area contributed by atoms with Crippen LogP contribution in [-0.2, 0) is 53.1 Å². The van der Waals surface area contributed by atoms with E-state index >= 15 is 0 Å². The molecule has 1 aliphatic carbocycles. The number of benzene rings is 5. The summed E-state index contributed by atoms with van der Waals surface area (Å²) >= 11 is 0. The lowest BCUT2D eigenvalue weighted by atomic mass is 9.89. The van der Waals surface area contributed by atoms with Crippen molar-refractivity contribution in [2.75, 3.05) is 56.9 Å². The minimum absolute atomic E-state index is 0.0157. The number of carbonyl (C=O) groups excluding carboxylic acids is 9. The fraction of sp³-hybridized carbons (Fsp3) is 0.429. The number of ketones is 3. The van der Waals surface area contributed by atoms with Crippen LogP contribution in [0.15, 0.2) is 114 Å². The molecule has 1 spiro atoms. The summed E-state index contributed by atoms with van der Waals surface area (Å²) < 4.78 is 31.5. The Bertz CT molecular complexity index is 4370. The molecule has 12 rings (SSSR count). The third kappa shape index (κ3) is 15.6. The Morgan fingerprint density at radius 1 is 0.738 bits per heavy atom. The van der Waals surface area contributed by atoms with Crippen LogP contribution < -0.4 is 39.4 Å². The van der Waals surface area contributed by atoms with Crippen LogP contribution in [0.1, 0.15) is 142 Å². The normalized spacial score (nSPS) is 17.9. The van der Waals surface area contributed by atoms with E-state index in [9.17, 15) is 53.4 Å². The number of aromatic nitrogens is 3. The van der Waals surface area contributed by atoms with Crippen molar-refractivity contribution in [2.45, 2.75) is 149 Å². The number of hydrogen-bond donors (Lipinski definition) is 4. The molecule has 26 heteroatoms. The minimum Gasteiger partial charge on any atom is -0.493 e. The van der Waals surface area contributed by atoms with Crippen molar-refractivity contribution in [1.29, 1.82) is 0 Å². The van der Waals surface area contributed by atoms with Crippen molar-refractivity contribution < 1.29 is 77.0 Å². The number of Topliss-reactive ketones (excluding diaryl/α,β-unsaturated/α-hetero) is 3. The highest BCUT2D eigenvalue weighted by atomic mass is 16.6. The number of amides is 6. The van der Waals surface area contributed by atoms with Crippen LogP contribution in [-0.4, -0.2) is 166 Å². The van der Waals surface area contributed by atoms with Gasteiger partial charge in [0, 0.05) is 99.1 Å². The fourth-order valence-electron chi connectivity index (χ4n) is 14.1. The van der Waals surface area contributed by atoms with Crippen LogP contribution in [0.25, 0.3) is 22.5 Å². The Balaban J connectivity index is 0.602. The molecule has 1 unspecified atom stereocenters. The molecule has 1 saturated carbocycles. The number of para-hydroxylation sites is 1. The van der Waals surface area contributed by atoms with Gasteiger partial charge >= 0.3 is 6.09 Å².